The fourth-order valence-electron chi connectivity index (χ4n) is 1.41. The van der Waals surface area contributed by atoms with Crippen molar-refractivity contribution in [3.63, 3.8) is 0 Å². The second kappa shape index (κ2) is 5.08. The number of nitriles is 1. The Morgan fingerprint density at radius 3 is 2.71 bits per heavy atom. The SMILES string of the molecule is CC(Oc1nccc(C#N)n1)c1ccccc1. The normalized spacial score (nSPS) is 11.5. The molecule has 0 aliphatic rings. The summed E-state index contributed by atoms with van der Waals surface area (Å²) >= 11 is 0. The number of hydrogen-bond donors (Lipinski definition) is 0. The van der Waals surface area contributed by atoms with Crippen LogP contribution in [0.25, 0.3) is 0 Å². The minimum Gasteiger partial charge on any atom is -0.456 e. The first-order valence-corrected chi connectivity index (χ1v) is 5.24. The number of nitrogens with zero attached hydrogens (tertiary/aromatic N) is 3. The van der Waals surface area contributed by atoms with Gasteiger partial charge in [0.25, 0.3) is 0 Å². The van der Waals surface area contributed by atoms with Crippen LogP contribution in [-0.4, -0.2) is 9.97 Å². The van der Waals surface area contributed by atoms with Gasteiger partial charge in [-0.3, -0.25) is 0 Å². The lowest BCUT2D eigenvalue weighted by molar-refractivity contribution is 0.207. The molecule has 2 rings (SSSR count). The van der Waals surface area contributed by atoms with Gasteiger partial charge >= 0.3 is 6.01 Å². The second-order valence-electron chi connectivity index (χ2n) is 3.51. The van der Waals surface area contributed by atoms with Crippen molar-refractivity contribution < 1.29 is 4.74 Å². The summed E-state index contributed by atoms with van der Waals surface area (Å²) in [5.74, 6) is 0. The molecule has 0 aliphatic heterocycles. The van der Waals surface area contributed by atoms with E-state index in [1.54, 1.807) is 6.07 Å². The number of benzene rings is 1. The Labute approximate surface area is 99.5 Å². The smallest absolute Gasteiger partial charge is 0.318 e. The molecule has 0 fully saturated rings. The molecule has 0 radical (unpaired) electrons. The largest absolute Gasteiger partial charge is 0.456 e. The summed E-state index contributed by atoms with van der Waals surface area (Å²) in [5.41, 5.74) is 1.34. The fourth-order valence-corrected chi connectivity index (χ4v) is 1.41. The van der Waals surface area contributed by atoms with Crippen LogP contribution in [0.5, 0.6) is 6.01 Å². The maximum Gasteiger partial charge on any atom is 0.318 e. The molecular weight excluding hydrogens is 214 g/mol. The van der Waals surface area contributed by atoms with Gasteiger partial charge in [-0.15, -0.1) is 0 Å². The number of aromatic nitrogens is 2. The van der Waals surface area contributed by atoms with Gasteiger partial charge in [0.1, 0.15) is 17.9 Å². The monoisotopic (exact) mass is 225 g/mol. The average molecular weight is 225 g/mol. The lowest BCUT2D eigenvalue weighted by Gasteiger charge is -2.12. The van der Waals surface area contributed by atoms with E-state index in [0.717, 1.165) is 5.56 Å². The molecule has 0 saturated carbocycles. The maximum absolute atomic E-state index is 8.72. The summed E-state index contributed by atoms with van der Waals surface area (Å²) in [6, 6.07) is 13.5. The van der Waals surface area contributed by atoms with Crippen molar-refractivity contribution in [1.29, 1.82) is 5.26 Å². The molecule has 0 spiro atoms. The summed E-state index contributed by atoms with van der Waals surface area (Å²) in [4.78, 5) is 7.93. The van der Waals surface area contributed by atoms with E-state index in [9.17, 15) is 0 Å². The Bertz CT molecular complexity index is 534. The van der Waals surface area contributed by atoms with Crippen molar-refractivity contribution in [3.8, 4) is 12.1 Å². The fraction of sp³-hybridized carbons (Fsp3) is 0.154. The molecule has 0 amide bonds. The third-order valence-corrected chi connectivity index (χ3v) is 2.30. The van der Waals surface area contributed by atoms with E-state index in [-0.39, 0.29) is 12.1 Å². The van der Waals surface area contributed by atoms with E-state index in [2.05, 4.69) is 9.97 Å². The second-order valence-corrected chi connectivity index (χ2v) is 3.51. The topological polar surface area (TPSA) is 58.8 Å². The van der Waals surface area contributed by atoms with Gasteiger partial charge in [-0.25, -0.2) is 4.98 Å². The highest BCUT2D eigenvalue weighted by Crippen LogP contribution is 2.17. The van der Waals surface area contributed by atoms with Crippen molar-refractivity contribution in [2.75, 3.05) is 0 Å². The molecule has 1 heterocycles. The molecule has 0 aliphatic carbocycles. The lowest BCUT2D eigenvalue weighted by Crippen LogP contribution is -2.05. The highest BCUT2D eigenvalue weighted by molar-refractivity contribution is 5.21. The minimum atomic E-state index is -0.148. The van der Waals surface area contributed by atoms with Gasteiger partial charge in [-0.2, -0.15) is 10.2 Å². The molecule has 0 N–H and O–H groups in total. The highest BCUT2D eigenvalue weighted by atomic mass is 16.5. The van der Waals surface area contributed by atoms with E-state index in [1.165, 1.54) is 6.20 Å². The predicted molar refractivity (Wildman–Crippen MR) is 62.2 cm³/mol. The van der Waals surface area contributed by atoms with Gasteiger partial charge < -0.3 is 4.74 Å². The third-order valence-electron chi connectivity index (χ3n) is 2.30. The Morgan fingerprint density at radius 1 is 1.24 bits per heavy atom. The Kier molecular flexibility index (Phi) is 3.31. The van der Waals surface area contributed by atoms with Gasteiger partial charge in [0.15, 0.2) is 0 Å². The lowest BCUT2D eigenvalue weighted by atomic mass is 10.1. The van der Waals surface area contributed by atoms with Gasteiger partial charge in [0, 0.05) is 6.20 Å². The Hall–Kier alpha value is -2.41. The summed E-state index contributed by atoms with van der Waals surface area (Å²) in [7, 11) is 0. The van der Waals surface area contributed by atoms with E-state index in [1.807, 2.05) is 43.3 Å². The third kappa shape index (κ3) is 2.79. The van der Waals surface area contributed by atoms with Crippen LogP contribution in [0.4, 0.5) is 0 Å². The molecule has 4 nitrogen and oxygen atoms in total. The van der Waals surface area contributed by atoms with Crippen LogP contribution in [0.1, 0.15) is 24.3 Å². The van der Waals surface area contributed by atoms with E-state index in [4.69, 9.17) is 10.00 Å². The van der Waals surface area contributed by atoms with Crippen molar-refractivity contribution in [2.45, 2.75) is 13.0 Å². The number of ether oxygens (including phenoxy) is 1. The molecule has 1 aromatic carbocycles. The summed E-state index contributed by atoms with van der Waals surface area (Å²) in [6.45, 7) is 1.91. The molecule has 2 aromatic rings. The van der Waals surface area contributed by atoms with Crippen LogP contribution in [0.3, 0.4) is 0 Å². The van der Waals surface area contributed by atoms with Gasteiger partial charge in [0.2, 0.25) is 0 Å². The zero-order valence-electron chi connectivity index (χ0n) is 9.37. The summed E-state index contributed by atoms with van der Waals surface area (Å²) in [6.07, 6.45) is 1.36. The molecule has 17 heavy (non-hydrogen) atoms. The number of hydrogen-bond acceptors (Lipinski definition) is 4. The van der Waals surface area contributed by atoms with Crippen molar-refractivity contribution in [1.82, 2.24) is 9.97 Å². The molecule has 84 valence electrons. The van der Waals surface area contributed by atoms with Crippen LogP contribution < -0.4 is 4.74 Å². The molecule has 1 atom stereocenters. The van der Waals surface area contributed by atoms with E-state index in [0.29, 0.717) is 5.69 Å². The molecular formula is C13H11N3O. The highest BCUT2D eigenvalue weighted by Gasteiger charge is 2.08. The average Bonchev–Trinajstić information content (AvgIpc) is 2.40. The Balaban J connectivity index is 2.13. The van der Waals surface area contributed by atoms with Crippen molar-refractivity contribution >= 4 is 0 Å². The number of rotatable bonds is 3. The molecule has 4 heteroatoms. The first-order valence-electron chi connectivity index (χ1n) is 5.24. The summed E-state index contributed by atoms with van der Waals surface area (Å²) in [5, 5.41) is 8.72. The van der Waals surface area contributed by atoms with Crippen molar-refractivity contribution in [3.05, 3.63) is 53.9 Å². The standard InChI is InChI=1S/C13H11N3O/c1-10(11-5-3-2-4-6-11)17-13-15-8-7-12(9-14)16-13/h2-8,10H,1H3. The summed E-state index contributed by atoms with van der Waals surface area (Å²) < 4.78 is 5.57. The zero-order chi connectivity index (χ0) is 12.1. The van der Waals surface area contributed by atoms with Crippen LogP contribution in [0, 0.1) is 11.3 Å². The van der Waals surface area contributed by atoms with Gasteiger partial charge in [0.05, 0.1) is 0 Å². The molecule has 0 saturated heterocycles. The maximum atomic E-state index is 8.72. The van der Waals surface area contributed by atoms with E-state index >= 15 is 0 Å². The Morgan fingerprint density at radius 2 is 2.00 bits per heavy atom. The molecule has 1 aromatic heterocycles. The van der Waals surface area contributed by atoms with Crippen LogP contribution in [0.15, 0.2) is 42.6 Å². The first-order chi connectivity index (χ1) is 8.29. The molecule has 1 unspecified atom stereocenters. The van der Waals surface area contributed by atoms with Crippen molar-refractivity contribution in [2.24, 2.45) is 0 Å². The minimum absolute atomic E-state index is 0.148. The van der Waals surface area contributed by atoms with Crippen LogP contribution >= 0.6 is 0 Å². The molecule has 0 bridgehead atoms. The predicted octanol–water partition coefficient (Wildman–Crippen LogP) is 2.49. The van der Waals surface area contributed by atoms with Gasteiger partial charge in [-0.05, 0) is 18.6 Å². The zero-order valence-corrected chi connectivity index (χ0v) is 9.37. The van der Waals surface area contributed by atoms with Gasteiger partial charge in [-0.1, -0.05) is 30.3 Å². The quantitative estimate of drug-likeness (QED) is 0.805. The van der Waals surface area contributed by atoms with Crippen LogP contribution in [0.2, 0.25) is 0 Å². The van der Waals surface area contributed by atoms with Crippen LogP contribution in [-0.2, 0) is 0 Å². The first kappa shape index (κ1) is 11.1. The van der Waals surface area contributed by atoms with E-state index < -0.39 is 0 Å².